The second-order valence-electron chi connectivity index (χ2n) is 5.17. The Bertz CT molecular complexity index is 458. The first kappa shape index (κ1) is 18.5. The van der Waals surface area contributed by atoms with Gasteiger partial charge in [0, 0.05) is 17.8 Å². The van der Waals surface area contributed by atoms with Gasteiger partial charge in [0.15, 0.2) is 0 Å². The molecule has 2 rings (SSSR count). The number of rotatable bonds is 7. The lowest BCUT2D eigenvalue weighted by Gasteiger charge is -2.21. The highest BCUT2D eigenvalue weighted by Crippen LogP contribution is 2.23. The molecule has 1 aromatic heterocycles. The highest BCUT2D eigenvalue weighted by atomic mass is 35.5. The van der Waals surface area contributed by atoms with Crippen LogP contribution in [0.15, 0.2) is 24.8 Å². The number of hydrogen-bond acceptors (Lipinski definition) is 3. The van der Waals surface area contributed by atoms with Gasteiger partial charge in [-0.3, -0.25) is 4.79 Å². The number of carbonyl (C=O) groups is 1. The molecule has 118 valence electrons. The molecule has 1 unspecified atom stereocenters. The maximum absolute atomic E-state index is 12.3. The predicted molar refractivity (Wildman–Crippen MR) is 92.4 cm³/mol. The van der Waals surface area contributed by atoms with Crippen LogP contribution in [-0.4, -0.2) is 30.4 Å². The van der Waals surface area contributed by atoms with Gasteiger partial charge in [-0.2, -0.15) is 0 Å². The first-order valence-corrected chi connectivity index (χ1v) is 8.22. The van der Waals surface area contributed by atoms with Crippen LogP contribution >= 0.6 is 35.3 Å². The Morgan fingerprint density at radius 2 is 2.38 bits per heavy atom. The van der Waals surface area contributed by atoms with Crippen molar-refractivity contribution < 1.29 is 4.79 Å². The summed E-state index contributed by atoms with van der Waals surface area (Å²) in [6.07, 6.45) is 4.57. The van der Waals surface area contributed by atoms with Crippen molar-refractivity contribution in [3.05, 3.63) is 34.0 Å². The van der Waals surface area contributed by atoms with Crippen LogP contribution in [0.25, 0.3) is 0 Å². The molecule has 0 aliphatic carbocycles. The lowest BCUT2D eigenvalue weighted by molar-refractivity contribution is -0.131. The molecule has 1 saturated heterocycles. The summed E-state index contributed by atoms with van der Waals surface area (Å²) in [7, 11) is 0. The molecule has 1 aliphatic rings. The molecule has 1 aromatic rings. The zero-order valence-corrected chi connectivity index (χ0v) is 14.4. The Kier molecular flexibility index (Phi) is 8.34. The zero-order valence-electron chi connectivity index (χ0n) is 12.0. The van der Waals surface area contributed by atoms with Crippen molar-refractivity contribution in [2.24, 2.45) is 5.92 Å². The van der Waals surface area contributed by atoms with E-state index in [-0.39, 0.29) is 18.3 Å². The number of halogens is 2. The maximum atomic E-state index is 12.3. The number of carbonyl (C=O) groups excluding carboxylic acids is 1. The largest absolute Gasteiger partial charge is 0.334 e. The monoisotopic (exact) mass is 348 g/mol. The van der Waals surface area contributed by atoms with Crippen LogP contribution in [0.4, 0.5) is 0 Å². The van der Waals surface area contributed by atoms with E-state index in [9.17, 15) is 4.79 Å². The van der Waals surface area contributed by atoms with Crippen molar-refractivity contribution in [3.63, 3.8) is 0 Å². The van der Waals surface area contributed by atoms with Crippen molar-refractivity contribution in [2.75, 3.05) is 19.6 Å². The summed E-state index contributed by atoms with van der Waals surface area (Å²) in [4.78, 5) is 15.3. The third-order valence-electron chi connectivity index (χ3n) is 3.61. The van der Waals surface area contributed by atoms with E-state index in [0.29, 0.717) is 25.4 Å². The fourth-order valence-electron chi connectivity index (χ4n) is 2.48. The van der Waals surface area contributed by atoms with Gasteiger partial charge in [0.2, 0.25) is 5.91 Å². The number of nitrogens with one attached hydrogen (secondary N) is 1. The molecule has 1 aliphatic heterocycles. The standard InChI is InChI=1S/C15H21ClN2OS.ClH/c1-2-9-18(11-13-4-5-14(16)20-13)15(19)6-3-12-7-8-17-10-12;/h2,4-5,12,17H,1,3,6-11H2;1H. The lowest BCUT2D eigenvalue weighted by atomic mass is 10.0. The van der Waals surface area contributed by atoms with Crippen molar-refractivity contribution >= 4 is 41.3 Å². The lowest BCUT2D eigenvalue weighted by Crippen LogP contribution is -2.30. The van der Waals surface area contributed by atoms with Crippen molar-refractivity contribution in [1.82, 2.24) is 10.2 Å². The van der Waals surface area contributed by atoms with E-state index in [1.54, 1.807) is 6.08 Å². The average Bonchev–Trinajstić information content (AvgIpc) is 3.07. The molecule has 1 N–H and O–H groups in total. The van der Waals surface area contributed by atoms with Crippen molar-refractivity contribution in [3.8, 4) is 0 Å². The van der Waals surface area contributed by atoms with Gasteiger partial charge < -0.3 is 10.2 Å². The molecule has 0 bridgehead atoms. The van der Waals surface area contributed by atoms with Crippen molar-refractivity contribution in [2.45, 2.75) is 25.8 Å². The Morgan fingerprint density at radius 1 is 1.57 bits per heavy atom. The minimum atomic E-state index is 0. The van der Waals surface area contributed by atoms with Gasteiger partial charge in [-0.1, -0.05) is 17.7 Å². The maximum Gasteiger partial charge on any atom is 0.223 e. The molecule has 1 amide bonds. The van der Waals surface area contributed by atoms with Gasteiger partial charge in [-0.05, 0) is 44.0 Å². The summed E-state index contributed by atoms with van der Waals surface area (Å²) in [5.74, 6) is 0.863. The smallest absolute Gasteiger partial charge is 0.223 e. The van der Waals surface area contributed by atoms with Crippen LogP contribution in [0.1, 0.15) is 24.1 Å². The second-order valence-corrected chi connectivity index (χ2v) is 6.97. The summed E-state index contributed by atoms with van der Waals surface area (Å²) in [5.41, 5.74) is 0. The van der Waals surface area contributed by atoms with Crippen LogP contribution < -0.4 is 5.32 Å². The molecule has 3 nitrogen and oxygen atoms in total. The first-order valence-electron chi connectivity index (χ1n) is 7.02. The molecule has 0 spiro atoms. The van der Waals surface area contributed by atoms with Gasteiger partial charge >= 0.3 is 0 Å². The van der Waals surface area contributed by atoms with Crippen molar-refractivity contribution in [1.29, 1.82) is 0 Å². The van der Waals surface area contributed by atoms with E-state index in [4.69, 9.17) is 11.6 Å². The summed E-state index contributed by atoms with van der Waals surface area (Å²) in [6, 6.07) is 3.86. The molecule has 0 saturated carbocycles. The number of thiophene rings is 1. The minimum absolute atomic E-state index is 0. The molecule has 2 heterocycles. The van der Waals surface area contributed by atoms with Gasteiger partial charge in [0.05, 0.1) is 10.9 Å². The fourth-order valence-corrected chi connectivity index (χ4v) is 3.59. The zero-order chi connectivity index (χ0) is 14.4. The van der Waals surface area contributed by atoms with E-state index < -0.39 is 0 Å². The molecular formula is C15H22Cl2N2OS. The molecule has 1 atom stereocenters. The Morgan fingerprint density at radius 3 is 2.95 bits per heavy atom. The van der Waals surface area contributed by atoms with Gasteiger partial charge in [-0.25, -0.2) is 0 Å². The number of hydrogen-bond donors (Lipinski definition) is 1. The molecule has 1 fully saturated rings. The normalized spacial score (nSPS) is 17.3. The van der Waals surface area contributed by atoms with Crippen LogP contribution in [-0.2, 0) is 11.3 Å². The molecular weight excluding hydrogens is 327 g/mol. The number of nitrogens with zero attached hydrogens (tertiary/aromatic N) is 1. The van der Waals surface area contributed by atoms with E-state index >= 15 is 0 Å². The average molecular weight is 349 g/mol. The highest BCUT2D eigenvalue weighted by molar-refractivity contribution is 7.16. The molecule has 6 heteroatoms. The van der Waals surface area contributed by atoms with Gasteiger partial charge in [-0.15, -0.1) is 30.3 Å². The SMILES string of the molecule is C=CCN(Cc1ccc(Cl)s1)C(=O)CCC1CCNC1.Cl. The Balaban J connectivity index is 0.00000220. The van der Waals surface area contributed by atoms with E-state index in [1.165, 1.54) is 17.8 Å². The second kappa shape index (κ2) is 9.46. The number of amides is 1. The van der Waals surface area contributed by atoms with Crippen LogP contribution in [0.2, 0.25) is 4.34 Å². The van der Waals surface area contributed by atoms with Crippen LogP contribution in [0.5, 0.6) is 0 Å². The Labute approximate surface area is 141 Å². The third-order valence-corrected chi connectivity index (χ3v) is 4.82. The van der Waals surface area contributed by atoms with E-state index in [0.717, 1.165) is 28.7 Å². The third kappa shape index (κ3) is 5.99. The predicted octanol–water partition coefficient (Wildman–Crippen LogP) is 3.73. The van der Waals surface area contributed by atoms with Gasteiger partial charge in [0.1, 0.15) is 0 Å². The molecule has 21 heavy (non-hydrogen) atoms. The van der Waals surface area contributed by atoms with E-state index in [1.807, 2.05) is 17.0 Å². The van der Waals surface area contributed by atoms with Gasteiger partial charge in [0.25, 0.3) is 0 Å². The summed E-state index contributed by atoms with van der Waals surface area (Å²) in [6.45, 7) is 7.10. The molecule has 0 radical (unpaired) electrons. The summed E-state index contributed by atoms with van der Waals surface area (Å²) >= 11 is 7.47. The first-order chi connectivity index (χ1) is 9.69. The minimum Gasteiger partial charge on any atom is -0.334 e. The highest BCUT2D eigenvalue weighted by Gasteiger charge is 2.18. The van der Waals surface area contributed by atoms with Crippen LogP contribution in [0.3, 0.4) is 0 Å². The van der Waals surface area contributed by atoms with Crippen LogP contribution in [0, 0.1) is 5.92 Å². The summed E-state index contributed by atoms with van der Waals surface area (Å²) in [5, 5.41) is 3.34. The molecule has 0 aromatic carbocycles. The fraction of sp³-hybridized carbons (Fsp3) is 0.533. The Hall–Kier alpha value is -0.550. The summed E-state index contributed by atoms with van der Waals surface area (Å²) < 4.78 is 0.767. The van der Waals surface area contributed by atoms with E-state index in [2.05, 4.69) is 11.9 Å². The topological polar surface area (TPSA) is 32.3 Å². The quantitative estimate of drug-likeness (QED) is 0.761.